The van der Waals surface area contributed by atoms with Gasteiger partial charge in [0, 0.05) is 0 Å². The highest BCUT2D eigenvalue weighted by Gasteiger charge is 2.10. The highest BCUT2D eigenvalue weighted by Crippen LogP contribution is 2.15. The number of amides is 1. The lowest BCUT2D eigenvalue weighted by Gasteiger charge is -2.08. The zero-order valence-electron chi connectivity index (χ0n) is 8.12. The minimum Gasteiger partial charge on any atom is -0.322 e. The van der Waals surface area contributed by atoms with E-state index in [0.29, 0.717) is 0 Å². The minimum atomic E-state index is -0.708. The molecule has 0 bridgehead atoms. The predicted octanol–water partition coefficient (Wildman–Crippen LogP) is 0.983. The highest BCUT2D eigenvalue weighted by molar-refractivity contribution is 5.94. The molecular formula is C10H10FN3O. The average Bonchev–Trinajstić information content (AvgIpc) is 2.20. The van der Waals surface area contributed by atoms with Gasteiger partial charge in [-0.05, 0) is 25.1 Å². The van der Waals surface area contributed by atoms with Gasteiger partial charge in [0.1, 0.15) is 5.82 Å². The fourth-order valence-corrected chi connectivity index (χ4v) is 0.933. The summed E-state index contributed by atoms with van der Waals surface area (Å²) < 4.78 is 13.3. The summed E-state index contributed by atoms with van der Waals surface area (Å²) in [7, 11) is 0. The number of carbonyl (C=O) groups is 1. The lowest BCUT2D eigenvalue weighted by Crippen LogP contribution is -2.32. The van der Waals surface area contributed by atoms with Gasteiger partial charge in [-0.25, -0.2) is 4.39 Å². The fourth-order valence-electron chi connectivity index (χ4n) is 0.933. The molecule has 1 aromatic rings. The smallest absolute Gasteiger partial charge is 0.241 e. The van der Waals surface area contributed by atoms with E-state index in [-0.39, 0.29) is 11.3 Å². The molecular weight excluding hydrogens is 197 g/mol. The first kappa shape index (κ1) is 11.1. The second-order valence-electron chi connectivity index (χ2n) is 3.08. The molecule has 0 spiro atoms. The van der Waals surface area contributed by atoms with Crippen LogP contribution in [-0.4, -0.2) is 11.9 Å². The van der Waals surface area contributed by atoms with Crippen LogP contribution in [0.15, 0.2) is 18.2 Å². The van der Waals surface area contributed by atoms with Crippen LogP contribution < -0.4 is 11.1 Å². The van der Waals surface area contributed by atoms with Crippen molar-refractivity contribution in [3.63, 3.8) is 0 Å². The molecule has 0 heterocycles. The molecule has 1 amide bonds. The Morgan fingerprint density at radius 3 is 2.80 bits per heavy atom. The number of rotatable bonds is 2. The number of nitrogens with two attached hydrogens (primary N) is 1. The number of anilines is 1. The number of hydrogen-bond acceptors (Lipinski definition) is 3. The summed E-state index contributed by atoms with van der Waals surface area (Å²) in [6.07, 6.45) is 0. The van der Waals surface area contributed by atoms with Crippen molar-refractivity contribution in [2.24, 2.45) is 5.73 Å². The summed E-state index contributed by atoms with van der Waals surface area (Å²) in [5.74, 6) is -1.12. The molecule has 0 aliphatic rings. The normalized spacial score (nSPS) is 11.6. The quantitative estimate of drug-likeness (QED) is 0.758. The van der Waals surface area contributed by atoms with Crippen LogP contribution in [0.2, 0.25) is 0 Å². The number of nitrogens with zero attached hydrogens (tertiary/aromatic N) is 1. The molecule has 0 saturated heterocycles. The molecule has 0 fully saturated rings. The maximum atomic E-state index is 13.3. The Hall–Kier alpha value is -1.93. The van der Waals surface area contributed by atoms with Gasteiger partial charge in [-0.1, -0.05) is 0 Å². The van der Waals surface area contributed by atoms with Crippen LogP contribution in [-0.2, 0) is 4.79 Å². The third kappa shape index (κ3) is 2.76. The van der Waals surface area contributed by atoms with Gasteiger partial charge in [0.2, 0.25) is 5.91 Å². The first-order valence-electron chi connectivity index (χ1n) is 4.30. The van der Waals surface area contributed by atoms with Crippen molar-refractivity contribution < 1.29 is 9.18 Å². The lowest BCUT2D eigenvalue weighted by molar-refractivity contribution is -0.117. The summed E-state index contributed by atoms with van der Waals surface area (Å²) in [4.78, 5) is 11.2. The molecule has 0 unspecified atom stereocenters. The third-order valence-electron chi connectivity index (χ3n) is 1.77. The van der Waals surface area contributed by atoms with Gasteiger partial charge in [0.05, 0.1) is 23.4 Å². The summed E-state index contributed by atoms with van der Waals surface area (Å²) in [5, 5.41) is 10.8. The molecule has 1 aromatic carbocycles. The third-order valence-corrected chi connectivity index (χ3v) is 1.77. The maximum absolute atomic E-state index is 13.3. The van der Waals surface area contributed by atoms with E-state index >= 15 is 0 Å². The zero-order chi connectivity index (χ0) is 11.4. The van der Waals surface area contributed by atoms with E-state index in [1.54, 1.807) is 6.07 Å². The second-order valence-corrected chi connectivity index (χ2v) is 3.08. The Morgan fingerprint density at radius 2 is 2.33 bits per heavy atom. The molecule has 4 nitrogen and oxygen atoms in total. The Kier molecular flexibility index (Phi) is 3.37. The van der Waals surface area contributed by atoms with Crippen molar-refractivity contribution >= 4 is 11.6 Å². The number of nitrogens with one attached hydrogen (secondary N) is 1. The Labute approximate surface area is 86.5 Å². The van der Waals surface area contributed by atoms with Gasteiger partial charge in [-0.15, -0.1) is 0 Å². The lowest BCUT2D eigenvalue weighted by atomic mass is 10.2. The van der Waals surface area contributed by atoms with E-state index in [1.165, 1.54) is 19.1 Å². The number of carbonyl (C=O) groups excluding carboxylic acids is 1. The molecule has 0 saturated carbocycles. The van der Waals surface area contributed by atoms with Gasteiger partial charge in [0.25, 0.3) is 0 Å². The van der Waals surface area contributed by atoms with Crippen LogP contribution in [0.4, 0.5) is 10.1 Å². The van der Waals surface area contributed by atoms with E-state index in [1.807, 2.05) is 0 Å². The molecule has 78 valence electrons. The van der Waals surface area contributed by atoms with Gasteiger partial charge in [0.15, 0.2) is 0 Å². The topological polar surface area (TPSA) is 78.9 Å². The van der Waals surface area contributed by atoms with E-state index in [4.69, 9.17) is 11.0 Å². The molecule has 1 atom stereocenters. The maximum Gasteiger partial charge on any atom is 0.241 e. The molecule has 0 aliphatic heterocycles. The predicted molar refractivity (Wildman–Crippen MR) is 53.4 cm³/mol. The summed E-state index contributed by atoms with van der Waals surface area (Å²) >= 11 is 0. The molecule has 3 N–H and O–H groups in total. The molecule has 1 rings (SSSR count). The summed E-state index contributed by atoms with van der Waals surface area (Å²) in [6, 6.07) is 4.88. The van der Waals surface area contributed by atoms with E-state index in [9.17, 15) is 9.18 Å². The van der Waals surface area contributed by atoms with Gasteiger partial charge in [-0.2, -0.15) is 5.26 Å². The summed E-state index contributed by atoms with van der Waals surface area (Å²) in [5.41, 5.74) is 5.53. The van der Waals surface area contributed by atoms with Crippen molar-refractivity contribution in [1.82, 2.24) is 0 Å². The number of hydrogen-bond donors (Lipinski definition) is 2. The van der Waals surface area contributed by atoms with E-state index in [0.717, 1.165) is 6.07 Å². The van der Waals surface area contributed by atoms with Crippen LogP contribution in [0.1, 0.15) is 12.5 Å². The van der Waals surface area contributed by atoms with Crippen molar-refractivity contribution in [2.45, 2.75) is 13.0 Å². The van der Waals surface area contributed by atoms with E-state index in [2.05, 4.69) is 5.32 Å². The Balaban J connectivity index is 2.89. The van der Waals surface area contributed by atoms with Crippen LogP contribution in [0, 0.1) is 17.1 Å². The standard InChI is InChI=1S/C10H10FN3O/c1-6(13)10(15)14-9-3-2-7(5-12)4-8(9)11/h2-4,6H,13H2,1H3,(H,14,15)/t6-/m0/s1. The highest BCUT2D eigenvalue weighted by atomic mass is 19.1. The van der Waals surface area contributed by atoms with Crippen LogP contribution in [0.25, 0.3) is 0 Å². The van der Waals surface area contributed by atoms with Crippen molar-refractivity contribution in [3.8, 4) is 6.07 Å². The largest absolute Gasteiger partial charge is 0.322 e. The Bertz CT molecular complexity index is 423. The number of benzene rings is 1. The fraction of sp³-hybridized carbons (Fsp3) is 0.200. The van der Waals surface area contributed by atoms with Gasteiger partial charge < -0.3 is 11.1 Å². The van der Waals surface area contributed by atoms with Crippen LogP contribution in [0.5, 0.6) is 0 Å². The molecule has 0 radical (unpaired) electrons. The van der Waals surface area contributed by atoms with Crippen molar-refractivity contribution in [1.29, 1.82) is 5.26 Å². The van der Waals surface area contributed by atoms with Crippen molar-refractivity contribution in [3.05, 3.63) is 29.6 Å². The summed E-state index contributed by atoms with van der Waals surface area (Å²) in [6.45, 7) is 1.50. The number of halogens is 1. The Morgan fingerprint density at radius 1 is 1.67 bits per heavy atom. The average molecular weight is 207 g/mol. The van der Waals surface area contributed by atoms with E-state index < -0.39 is 17.8 Å². The van der Waals surface area contributed by atoms with Crippen molar-refractivity contribution in [2.75, 3.05) is 5.32 Å². The zero-order valence-corrected chi connectivity index (χ0v) is 8.12. The second kappa shape index (κ2) is 4.53. The SMILES string of the molecule is C[C@H](N)C(=O)Nc1ccc(C#N)cc1F. The minimum absolute atomic E-state index is 0.0244. The monoisotopic (exact) mass is 207 g/mol. The molecule has 0 aromatic heterocycles. The molecule has 0 aliphatic carbocycles. The van der Waals surface area contributed by atoms with Crippen LogP contribution >= 0.6 is 0 Å². The first-order valence-corrected chi connectivity index (χ1v) is 4.30. The van der Waals surface area contributed by atoms with Crippen LogP contribution in [0.3, 0.4) is 0 Å². The van der Waals surface area contributed by atoms with Gasteiger partial charge >= 0.3 is 0 Å². The first-order chi connectivity index (χ1) is 7.04. The molecule has 15 heavy (non-hydrogen) atoms. The number of nitriles is 1. The molecule has 5 heteroatoms. The van der Waals surface area contributed by atoms with Gasteiger partial charge in [-0.3, -0.25) is 4.79 Å².